The number of hydrogen-bond donors (Lipinski definition) is 1. The highest BCUT2D eigenvalue weighted by Gasteiger charge is 2.42. The summed E-state index contributed by atoms with van der Waals surface area (Å²) < 4.78 is 40.4. The second kappa shape index (κ2) is 7.13. The van der Waals surface area contributed by atoms with Crippen molar-refractivity contribution in [3.05, 3.63) is 35.5 Å². The lowest BCUT2D eigenvalue weighted by molar-refractivity contribution is -0.122. The number of carbonyl (C=O) groups excluding carboxylic acids is 2. The summed E-state index contributed by atoms with van der Waals surface area (Å²) in [5, 5.41) is 3.18. The molecule has 0 unspecified atom stereocenters. The fraction of sp³-hybridized carbons (Fsp3) is 0.474. The second-order valence-corrected chi connectivity index (χ2v) is 6.79. The van der Waals surface area contributed by atoms with Gasteiger partial charge in [-0.05, 0) is 25.8 Å². The second-order valence-electron chi connectivity index (χ2n) is 6.79. The Morgan fingerprint density at radius 1 is 1.15 bits per heavy atom. The summed E-state index contributed by atoms with van der Waals surface area (Å²) in [6.07, 6.45) is 0.200. The number of rotatable bonds is 4. The maximum atomic E-state index is 13.0. The normalized spacial score (nSPS) is 16.0. The van der Waals surface area contributed by atoms with Crippen LogP contribution in [0.3, 0.4) is 0 Å². The Balaban J connectivity index is 1.92. The van der Waals surface area contributed by atoms with Gasteiger partial charge in [-0.3, -0.25) is 9.59 Å². The summed E-state index contributed by atoms with van der Waals surface area (Å²) in [4.78, 5) is 24.3. The van der Waals surface area contributed by atoms with Crippen LogP contribution in [0.15, 0.2) is 24.3 Å². The van der Waals surface area contributed by atoms with Crippen LogP contribution in [0.1, 0.15) is 48.2 Å². The van der Waals surface area contributed by atoms with Crippen LogP contribution in [0.25, 0.3) is 10.9 Å². The summed E-state index contributed by atoms with van der Waals surface area (Å²) >= 11 is 0. The van der Waals surface area contributed by atoms with Gasteiger partial charge in [0.15, 0.2) is 0 Å². The predicted octanol–water partition coefficient (Wildman–Crippen LogP) is 4.14. The molecular weight excluding hydrogens is 345 g/mol. The Bertz CT molecular complexity index is 833. The van der Waals surface area contributed by atoms with Crippen LogP contribution >= 0.6 is 0 Å². The Hall–Kier alpha value is -2.31. The van der Waals surface area contributed by atoms with Crippen LogP contribution in [0, 0.1) is 6.92 Å². The van der Waals surface area contributed by atoms with Gasteiger partial charge in [0.2, 0.25) is 5.91 Å². The molecule has 140 valence electrons. The van der Waals surface area contributed by atoms with Gasteiger partial charge < -0.3 is 9.88 Å². The zero-order valence-electron chi connectivity index (χ0n) is 14.5. The highest BCUT2D eigenvalue weighted by molar-refractivity contribution is 6.12. The minimum atomic E-state index is -4.95. The number of benzene rings is 1. The molecule has 1 aliphatic rings. The minimum absolute atomic E-state index is 0.103. The van der Waals surface area contributed by atoms with E-state index in [1.807, 2.05) is 0 Å². The molecule has 0 bridgehead atoms. The van der Waals surface area contributed by atoms with Gasteiger partial charge in [0.25, 0.3) is 5.78 Å². The molecule has 0 aliphatic heterocycles. The van der Waals surface area contributed by atoms with E-state index in [0.717, 1.165) is 32.1 Å². The minimum Gasteiger partial charge on any atom is -0.352 e. The van der Waals surface area contributed by atoms with Gasteiger partial charge in [0, 0.05) is 22.6 Å². The Kier molecular flexibility index (Phi) is 5.07. The van der Waals surface area contributed by atoms with Crippen molar-refractivity contribution in [3.8, 4) is 0 Å². The molecule has 3 rings (SSSR count). The standard InChI is InChI=1S/C19H21F3N2O2/c1-12-17(18(26)19(20,21)22)14-9-5-6-10-15(14)24(12)11-16(25)23-13-7-3-2-4-8-13/h5-6,9-10,13H,2-4,7-8,11H2,1H3,(H,23,25). The largest absolute Gasteiger partial charge is 0.454 e. The zero-order valence-corrected chi connectivity index (χ0v) is 14.5. The Labute approximate surface area is 149 Å². The van der Waals surface area contributed by atoms with Gasteiger partial charge in [-0.1, -0.05) is 37.5 Å². The summed E-state index contributed by atoms with van der Waals surface area (Å²) in [5.41, 5.74) is 0.238. The van der Waals surface area contributed by atoms with Gasteiger partial charge in [-0.25, -0.2) is 0 Å². The van der Waals surface area contributed by atoms with Gasteiger partial charge in [0.05, 0.1) is 5.56 Å². The van der Waals surface area contributed by atoms with Gasteiger partial charge in [-0.15, -0.1) is 0 Å². The van der Waals surface area contributed by atoms with E-state index in [1.54, 1.807) is 18.2 Å². The number of fused-ring (bicyclic) bond motifs is 1. The first-order valence-corrected chi connectivity index (χ1v) is 8.77. The third-order valence-electron chi connectivity index (χ3n) is 4.99. The summed E-state index contributed by atoms with van der Waals surface area (Å²) in [7, 11) is 0. The van der Waals surface area contributed by atoms with Crippen LogP contribution in [0.2, 0.25) is 0 Å². The summed E-state index contributed by atoms with van der Waals surface area (Å²) in [6, 6.07) is 6.50. The van der Waals surface area contributed by atoms with Gasteiger partial charge in [0.1, 0.15) is 6.54 Å². The number of nitrogens with one attached hydrogen (secondary N) is 1. The number of Topliss-reactive ketones (excluding diaryl/α,β-unsaturated/α-hetero) is 1. The number of nitrogens with zero attached hydrogens (tertiary/aromatic N) is 1. The molecule has 1 fully saturated rings. The Morgan fingerprint density at radius 3 is 2.46 bits per heavy atom. The molecule has 26 heavy (non-hydrogen) atoms. The number of aromatic nitrogens is 1. The number of halogens is 3. The molecular formula is C19H21F3N2O2. The van der Waals surface area contributed by atoms with E-state index in [1.165, 1.54) is 17.6 Å². The summed E-state index contributed by atoms with van der Waals surface area (Å²) in [6.45, 7) is 1.35. The van der Waals surface area contributed by atoms with Crippen molar-refractivity contribution in [3.63, 3.8) is 0 Å². The molecule has 1 aliphatic carbocycles. The summed E-state index contributed by atoms with van der Waals surface area (Å²) in [5.74, 6) is -2.12. The molecule has 4 nitrogen and oxygen atoms in total. The Morgan fingerprint density at radius 2 is 1.81 bits per heavy atom. The monoisotopic (exact) mass is 366 g/mol. The first kappa shape index (κ1) is 18.5. The maximum Gasteiger partial charge on any atom is 0.454 e. The number of hydrogen-bond acceptors (Lipinski definition) is 2. The molecule has 0 atom stereocenters. The predicted molar refractivity (Wildman–Crippen MR) is 92.1 cm³/mol. The van der Waals surface area contributed by atoms with Crippen LogP contribution in [0.5, 0.6) is 0 Å². The van der Waals surface area contributed by atoms with Crippen molar-refractivity contribution >= 4 is 22.6 Å². The van der Waals surface area contributed by atoms with Crippen molar-refractivity contribution in [2.45, 2.75) is 57.8 Å². The zero-order chi connectivity index (χ0) is 18.9. The molecule has 1 saturated carbocycles. The van der Waals surface area contributed by atoms with Crippen molar-refractivity contribution in [1.82, 2.24) is 9.88 Å². The molecule has 1 aromatic heterocycles. The van der Waals surface area contributed by atoms with Gasteiger partial charge >= 0.3 is 6.18 Å². The average molecular weight is 366 g/mol. The van der Waals surface area contributed by atoms with E-state index in [9.17, 15) is 22.8 Å². The van der Waals surface area contributed by atoms with Crippen molar-refractivity contribution < 1.29 is 22.8 Å². The van der Waals surface area contributed by atoms with E-state index < -0.39 is 12.0 Å². The maximum absolute atomic E-state index is 13.0. The molecule has 7 heteroatoms. The van der Waals surface area contributed by atoms with Gasteiger partial charge in [-0.2, -0.15) is 13.2 Å². The number of alkyl halides is 3. The van der Waals surface area contributed by atoms with E-state index in [4.69, 9.17) is 0 Å². The number of para-hydroxylation sites is 1. The molecule has 1 amide bonds. The fourth-order valence-corrected chi connectivity index (χ4v) is 3.73. The van der Waals surface area contributed by atoms with E-state index in [0.29, 0.717) is 5.52 Å². The molecule has 1 heterocycles. The molecule has 1 N–H and O–H groups in total. The van der Waals surface area contributed by atoms with Crippen LogP contribution in [0.4, 0.5) is 13.2 Å². The lowest BCUT2D eigenvalue weighted by Crippen LogP contribution is -2.38. The molecule has 0 radical (unpaired) electrons. The quantitative estimate of drug-likeness (QED) is 0.827. The van der Waals surface area contributed by atoms with E-state index >= 15 is 0 Å². The van der Waals surface area contributed by atoms with Crippen LogP contribution in [-0.4, -0.2) is 28.5 Å². The van der Waals surface area contributed by atoms with Crippen LogP contribution in [-0.2, 0) is 11.3 Å². The number of ketones is 1. The van der Waals surface area contributed by atoms with Crippen molar-refractivity contribution in [1.29, 1.82) is 0 Å². The van der Waals surface area contributed by atoms with Crippen molar-refractivity contribution in [2.75, 3.05) is 0 Å². The molecule has 2 aromatic rings. The first-order valence-electron chi connectivity index (χ1n) is 8.77. The highest BCUT2D eigenvalue weighted by Crippen LogP contribution is 2.31. The lowest BCUT2D eigenvalue weighted by atomic mass is 9.95. The number of carbonyl (C=O) groups is 2. The third-order valence-corrected chi connectivity index (χ3v) is 4.99. The highest BCUT2D eigenvalue weighted by atomic mass is 19.4. The average Bonchev–Trinajstić information content (AvgIpc) is 2.86. The van der Waals surface area contributed by atoms with Crippen LogP contribution < -0.4 is 5.32 Å². The third kappa shape index (κ3) is 3.61. The first-order chi connectivity index (χ1) is 12.3. The molecule has 1 aromatic carbocycles. The molecule has 0 spiro atoms. The number of amides is 1. The van der Waals surface area contributed by atoms with E-state index in [-0.39, 0.29) is 35.1 Å². The van der Waals surface area contributed by atoms with E-state index in [2.05, 4.69) is 5.32 Å². The molecule has 0 saturated heterocycles. The topological polar surface area (TPSA) is 51.1 Å². The lowest BCUT2D eigenvalue weighted by Gasteiger charge is -2.23. The fourth-order valence-electron chi connectivity index (χ4n) is 3.73. The SMILES string of the molecule is Cc1c(C(=O)C(F)(F)F)c2ccccc2n1CC(=O)NC1CCCCC1. The smallest absolute Gasteiger partial charge is 0.352 e. The van der Waals surface area contributed by atoms with Crippen molar-refractivity contribution in [2.24, 2.45) is 0 Å².